The zero-order valence-electron chi connectivity index (χ0n) is 33.7. The van der Waals surface area contributed by atoms with Crippen LogP contribution in [-0.2, 0) is 0 Å². The van der Waals surface area contributed by atoms with E-state index in [0.29, 0.717) is 0 Å². The number of para-hydroxylation sites is 2. The molecule has 0 saturated carbocycles. The van der Waals surface area contributed by atoms with Gasteiger partial charge in [0.1, 0.15) is 0 Å². The molecule has 0 fully saturated rings. The highest BCUT2D eigenvalue weighted by Gasteiger charge is 2.22. The zero-order valence-corrected chi connectivity index (χ0v) is 33.7. The van der Waals surface area contributed by atoms with E-state index < -0.39 is 0 Å². The number of nitrogens with zero attached hydrogens (tertiary/aromatic N) is 2. The molecule has 2 heteroatoms. The van der Waals surface area contributed by atoms with E-state index in [2.05, 4.69) is 228 Å². The molecule has 14 rings (SSSR count). The lowest BCUT2D eigenvalue weighted by atomic mass is 9.96. The quantitative estimate of drug-likeness (QED) is 0.168. The number of fused-ring (bicyclic) bond motifs is 12. The minimum absolute atomic E-state index is 1.16. The molecule has 2 nitrogen and oxygen atoms in total. The summed E-state index contributed by atoms with van der Waals surface area (Å²) >= 11 is 0. The average Bonchev–Trinajstić information content (AvgIpc) is 3.97. The minimum Gasteiger partial charge on any atom is -0.309 e. The molecule has 0 spiro atoms. The second-order valence-electron chi connectivity index (χ2n) is 16.9. The van der Waals surface area contributed by atoms with Gasteiger partial charge >= 0.3 is 0 Å². The smallest absolute Gasteiger partial charge is 0.0619 e. The predicted molar refractivity (Wildman–Crippen MR) is 263 cm³/mol. The number of hydrogen-bond donors (Lipinski definition) is 0. The Hall–Kier alpha value is -8.20. The first kappa shape index (κ1) is 33.6. The van der Waals surface area contributed by atoms with Gasteiger partial charge in [0.05, 0.1) is 22.1 Å². The molecular formula is C60H36N2. The molecule has 0 saturated heterocycles. The second-order valence-corrected chi connectivity index (χ2v) is 16.9. The zero-order chi connectivity index (χ0) is 40.5. The van der Waals surface area contributed by atoms with Gasteiger partial charge in [0.25, 0.3) is 0 Å². The highest BCUT2D eigenvalue weighted by molar-refractivity contribution is 6.20. The van der Waals surface area contributed by atoms with Crippen molar-refractivity contribution in [1.82, 2.24) is 9.13 Å². The minimum atomic E-state index is 1.16. The fourth-order valence-electron chi connectivity index (χ4n) is 10.8. The van der Waals surface area contributed by atoms with E-state index in [-0.39, 0.29) is 0 Å². The van der Waals surface area contributed by atoms with Crippen molar-refractivity contribution in [3.05, 3.63) is 218 Å². The Bertz CT molecular complexity index is 4030. The van der Waals surface area contributed by atoms with Gasteiger partial charge in [-0.1, -0.05) is 164 Å². The average molecular weight is 785 g/mol. The molecule has 0 aliphatic heterocycles. The summed E-state index contributed by atoms with van der Waals surface area (Å²) in [7, 11) is 0. The molecule has 1 aliphatic carbocycles. The maximum absolute atomic E-state index is 2.45. The van der Waals surface area contributed by atoms with Crippen LogP contribution in [0.4, 0.5) is 0 Å². The molecule has 1 aliphatic rings. The first-order chi connectivity index (χ1) is 30.7. The van der Waals surface area contributed by atoms with E-state index in [1.54, 1.807) is 0 Å². The molecule has 286 valence electrons. The summed E-state index contributed by atoms with van der Waals surface area (Å²) in [6.45, 7) is 0. The molecule has 11 aromatic carbocycles. The van der Waals surface area contributed by atoms with Gasteiger partial charge in [0, 0.05) is 38.3 Å². The summed E-state index contributed by atoms with van der Waals surface area (Å²) in [5.41, 5.74) is 17.3. The summed E-state index contributed by atoms with van der Waals surface area (Å²) in [5, 5.41) is 12.7. The van der Waals surface area contributed by atoms with Crippen LogP contribution in [-0.4, -0.2) is 9.13 Å². The Morgan fingerprint density at radius 2 is 0.806 bits per heavy atom. The Morgan fingerprint density at radius 3 is 1.65 bits per heavy atom. The maximum Gasteiger partial charge on any atom is 0.0619 e. The molecule has 13 aromatic rings. The number of rotatable bonds is 4. The van der Waals surface area contributed by atoms with Gasteiger partial charge in [0.2, 0.25) is 0 Å². The van der Waals surface area contributed by atoms with Crippen LogP contribution in [0.25, 0.3) is 132 Å². The van der Waals surface area contributed by atoms with E-state index in [4.69, 9.17) is 0 Å². The van der Waals surface area contributed by atoms with Crippen LogP contribution in [0.5, 0.6) is 0 Å². The third-order valence-corrected chi connectivity index (χ3v) is 13.6. The van der Waals surface area contributed by atoms with Crippen molar-refractivity contribution < 1.29 is 0 Å². The van der Waals surface area contributed by atoms with Crippen LogP contribution in [0.2, 0.25) is 0 Å². The van der Waals surface area contributed by atoms with Crippen LogP contribution < -0.4 is 0 Å². The van der Waals surface area contributed by atoms with Crippen molar-refractivity contribution in [2.75, 3.05) is 0 Å². The molecule has 0 unspecified atom stereocenters. The molecule has 0 amide bonds. The van der Waals surface area contributed by atoms with Gasteiger partial charge in [-0.25, -0.2) is 0 Å². The van der Waals surface area contributed by atoms with Crippen molar-refractivity contribution >= 4 is 75.9 Å². The summed E-state index contributed by atoms with van der Waals surface area (Å²) in [5.74, 6) is 0. The number of benzene rings is 11. The standard InChI is InChI=1S/C60H36N2/c1-2-13-45(14-3-1)62-58-36-44(26-30-51(58)54-31-23-37-10-4-5-15-47(37)60(54)62)43-25-29-50-49-16-6-7-19-56(49)61(57(50)35-43)46-27-22-40-32-39(20-21-41(40)33-46)42-24-28-48-52-17-8-11-38-12-9-18-53(59(38)52)55(48)34-42/h1-36H. The summed E-state index contributed by atoms with van der Waals surface area (Å²) < 4.78 is 4.90. The molecule has 2 heterocycles. The Labute approximate surface area is 357 Å². The van der Waals surface area contributed by atoms with Gasteiger partial charge in [-0.3, -0.25) is 0 Å². The molecular weight excluding hydrogens is 749 g/mol. The normalized spacial score (nSPS) is 12.2. The molecule has 0 atom stereocenters. The first-order valence-electron chi connectivity index (χ1n) is 21.5. The predicted octanol–water partition coefficient (Wildman–Crippen LogP) is 16.3. The van der Waals surface area contributed by atoms with Crippen LogP contribution in [0.3, 0.4) is 0 Å². The van der Waals surface area contributed by atoms with Crippen molar-refractivity contribution in [3.63, 3.8) is 0 Å². The fraction of sp³-hybridized carbons (Fsp3) is 0. The lowest BCUT2D eigenvalue weighted by Gasteiger charge is -2.12. The van der Waals surface area contributed by atoms with Gasteiger partial charge in [0.15, 0.2) is 0 Å². The van der Waals surface area contributed by atoms with E-state index >= 15 is 0 Å². The second kappa shape index (κ2) is 12.7. The topological polar surface area (TPSA) is 9.86 Å². The van der Waals surface area contributed by atoms with Gasteiger partial charge in [-0.05, 0) is 126 Å². The third-order valence-electron chi connectivity index (χ3n) is 13.6. The lowest BCUT2D eigenvalue weighted by Crippen LogP contribution is -1.95. The van der Waals surface area contributed by atoms with Crippen LogP contribution in [0, 0.1) is 0 Å². The Balaban J connectivity index is 0.899. The fourth-order valence-corrected chi connectivity index (χ4v) is 10.8. The van der Waals surface area contributed by atoms with E-state index in [9.17, 15) is 0 Å². The van der Waals surface area contributed by atoms with Crippen LogP contribution in [0.1, 0.15) is 0 Å². The van der Waals surface area contributed by atoms with E-state index in [1.807, 2.05) is 0 Å². The monoisotopic (exact) mass is 784 g/mol. The van der Waals surface area contributed by atoms with Crippen molar-refractivity contribution in [2.24, 2.45) is 0 Å². The first-order valence-corrected chi connectivity index (χ1v) is 21.5. The van der Waals surface area contributed by atoms with Gasteiger partial charge in [-0.2, -0.15) is 0 Å². The lowest BCUT2D eigenvalue weighted by molar-refractivity contribution is 1.18. The van der Waals surface area contributed by atoms with Crippen molar-refractivity contribution in [1.29, 1.82) is 0 Å². The van der Waals surface area contributed by atoms with Crippen LogP contribution in [0.15, 0.2) is 218 Å². The highest BCUT2D eigenvalue weighted by atomic mass is 15.0. The molecule has 2 aromatic heterocycles. The highest BCUT2D eigenvalue weighted by Crippen LogP contribution is 2.48. The maximum atomic E-state index is 2.45. The van der Waals surface area contributed by atoms with E-state index in [0.717, 1.165) is 11.4 Å². The Kier molecular flexibility index (Phi) is 6.86. The summed E-state index contributed by atoms with van der Waals surface area (Å²) in [4.78, 5) is 0. The van der Waals surface area contributed by atoms with E-state index in [1.165, 1.54) is 120 Å². The van der Waals surface area contributed by atoms with Gasteiger partial charge in [-0.15, -0.1) is 0 Å². The van der Waals surface area contributed by atoms with Crippen molar-refractivity contribution in [3.8, 4) is 55.9 Å². The number of hydrogen-bond acceptors (Lipinski definition) is 0. The Morgan fingerprint density at radius 1 is 0.242 bits per heavy atom. The summed E-state index contributed by atoms with van der Waals surface area (Å²) in [6.07, 6.45) is 0. The molecule has 0 N–H and O–H groups in total. The SMILES string of the molecule is c1ccc(-n2c3cc(-c4ccc5c6ccccc6n(-c6ccc7cc(-c8ccc9c(c8)-c8cccc%10cccc-9c8%10)ccc7c6)c5c4)ccc3c3ccc4ccccc4c32)cc1. The number of aromatic nitrogens is 2. The summed E-state index contributed by atoms with van der Waals surface area (Å²) in [6, 6.07) is 81.1. The van der Waals surface area contributed by atoms with Crippen molar-refractivity contribution in [2.45, 2.75) is 0 Å². The molecule has 0 bridgehead atoms. The molecule has 0 radical (unpaired) electrons. The molecule has 62 heavy (non-hydrogen) atoms. The third kappa shape index (κ3) is 4.75. The van der Waals surface area contributed by atoms with Crippen LogP contribution >= 0.6 is 0 Å². The largest absolute Gasteiger partial charge is 0.309 e. The van der Waals surface area contributed by atoms with Gasteiger partial charge < -0.3 is 9.13 Å².